The van der Waals surface area contributed by atoms with Gasteiger partial charge in [0.15, 0.2) is 0 Å². The van der Waals surface area contributed by atoms with E-state index in [1.165, 1.54) is 10.6 Å². The average Bonchev–Trinajstić information content (AvgIpc) is 2.09. The fourth-order valence-electron chi connectivity index (χ4n) is 1.44. The highest BCUT2D eigenvalue weighted by Crippen LogP contribution is 2.03. The minimum absolute atomic E-state index is 0.108. The van der Waals surface area contributed by atoms with Crippen LogP contribution >= 0.6 is 0 Å². The lowest BCUT2D eigenvalue weighted by Gasteiger charge is -2.12. The molecule has 1 rings (SSSR count). The van der Waals surface area contributed by atoms with Gasteiger partial charge in [-0.3, -0.25) is 9.59 Å². The lowest BCUT2D eigenvalue weighted by molar-refractivity contribution is -0.136. The number of carbonyl (C=O) groups is 1. The summed E-state index contributed by atoms with van der Waals surface area (Å²) in [5.41, 5.74) is 0.422. The number of nitrogens with zero attached hydrogens (tertiary/aromatic N) is 1. The van der Waals surface area contributed by atoms with E-state index in [-0.39, 0.29) is 12.0 Å². The molecule has 0 radical (unpaired) electrons. The minimum atomic E-state index is -0.918. The Morgan fingerprint density at radius 2 is 2.13 bits per heavy atom. The molecule has 4 nitrogen and oxygen atoms in total. The predicted molar refractivity (Wildman–Crippen MR) is 56.9 cm³/mol. The number of hydrogen-bond acceptors (Lipinski definition) is 2. The Kier molecular flexibility index (Phi) is 3.66. The summed E-state index contributed by atoms with van der Waals surface area (Å²) in [4.78, 5) is 22.1. The molecule has 1 N–H and O–H groups in total. The van der Waals surface area contributed by atoms with Crippen LogP contribution in [0, 0.1) is 5.92 Å². The number of aromatic nitrogens is 1. The van der Waals surface area contributed by atoms with Crippen LogP contribution in [0.4, 0.5) is 0 Å². The predicted octanol–water partition coefficient (Wildman–Crippen LogP) is 1.13. The normalized spacial score (nSPS) is 10.6. The van der Waals surface area contributed by atoms with Crippen LogP contribution in [0.1, 0.15) is 19.5 Å². The second-order valence-corrected chi connectivity index (χ2v) is 3.93. The highest BCUT2D eigenvalue weighted by atomic mass is 16.4. The molecule has 4 heteroatoms. The first-order valence-corrected chi connectivity index (χ1v) is 4.91. The fraction of sp³-hybridized carbons (Fsp3) is 0.455. The summed E-state index contributed by atoms with van der Waals surface area (Å²) in [6.45, 7) is 4.54. The zero-order valence-corrected chi connectivity index (χ0v) is 8.93. The largest absolute Gasteiger partial charge is 0.481 e. The van der Waals surface area contributed by atoms with Gasteiger partial charge in [-0.1, -0.05) is 19.9 Å². The fourth-order valence-corrected chi connectivity index (χ4v) is 1.44. The van der Waals surface area contributed by atoms with E-state index in [9.17, 15) is 9.59 Å². The summed E-state index contributed by atoms with van der Waals surface area (Å²) < 4.78 is 1.53. The lowest BCUT2D eigenvalue weighted by atomic mass is 10.2. The summed E-state index contributed by atoms with van der Waals surface area (Å²) >= 11 is 0. The van der Waals surface area contributed by atoms with E-state index in [4.69, 9.17) is 5.11 Å². The Morgan fingerprint density at radius 1 is 1.47 bits per heavy atom. The van der Waals surface area contributed by atoms with Crippen LogP contribution in [0.5, 0.6) is 0 Å². The maximum Gasteiger partial charge on any atom is 0.309 e. The molecule has 1 heterocycles. The van der Waals surface area contributed by atoms with Crippen molar-refractivity contribution in [2.24, 2.45) is 5.92 Å². The molecular weight excluding hydrogens is 194 g/mol. The summed E-state index contributed by atoms with van der Waals surface area (Å²) in [5, 5.41) is 8.70. The van der Waals surface area contributed by atoms with Crippen molar-refractivity contribution in [2.45, 2.75) is 26.8 Å². The van der Waals surface area contributed by atoms with E-state index < -0.39 is 5.97 Å². The van der Waals surface area contributed by atoms with E-state index in [1.807, 2.05) is 13.8 Å². The van der Waals surface area contributed by atoms with Gasteiger partial charge in [-0.25, -0.2) is 0 Å². The van der Waals surface area contributed by atoms with E-state index in [1.54, 1.807) is 12.1 Å². The summed E-state index contributed by atoms with van der Waals surface area (Å²) in [7, 11) is 0. The maximum atomic E-state index is 11.5. The van der Waals surface area contributed by atoms with Crippen LogP contribution in [0.15, 0.2) is 23.0 Å². The highest BCUT2D eigenvalue weighted by Gasteiger charge is 2.08. The molecule has 0 unspecified atom stereocenters. The van der Waals surface area contributed by atoms with Crippen molar-refractivity contribution in [2.75, 3.05) is 0 Å². The first-order valence-electron chi connectivity index (χ1n) is 4.91. The summed E-state index contributed by atoms with van der Waals surface area (Å²) in [6, 6.07) is 4.73. The molecule has 15 heavy (non-hydrogen) atoms. The Labute approximate surface area is 88.2 Å². The third kappa shape index (κ3) is 3.23. The Balaban J connectivity index is 3.08. The number of pyridine rings is 1. The summed E-state index contributed by atoms with van der Waals surface area (Å²) in [5.74, 6) is -0.601. The summed E-state index contributed by atoms with van der Waals surface area (Å²) in [6.07, 6.45) is -0.108. The van der Waals surface area contributed by atoms with Crippen molar-refractivity contribution < 1.29 is 9.90 Å². The Hall–Kier alpha value is -1.58. The molecule has 0 amide bonds. The number of rotatable bonds is 4. The molecule has 1 aromatic rings. The third-order valence-electron chi connectivity index (χ3n) is 2.02. The quantitative estimate of drug-likeness (QED) is 0.808. The van der Waals surface area contributed by atoms with Crippen molar-refractivity contribution >= 4 is 5.97 Å². The van der Waals surface area contributed by atoms with Gasteiger partial charge in [0.25, 0.3) is 5.56 Å². The molecule has 0 aliphatic carbocycles. The number of hydrogen-bond donors (Lipinski definition) is 1. The smallest absolute Gasteiger partial charge is 0.309 e. The van der Waals surface area contributed by atoms with E-state index >= 15 is 0 Å². The van der Waals surface area contributed by atoms with Crippen LogP contribution in [-0.4, -0.2) is 15.6 Å². The Bertz CT molecular complexity index is 407. The van der Waals surface area contributed by atoms with Crippen LogP contribution in [0.25, 0.3) is 0 Å². The second kappa shape index (κ2) is 4.77. The van der Waals surface area contributed by atoms with Gasteiger partial charge < -0.3 is 9.67 Å². The van der Waals surface area contributed by atoms with Crippen molar-refractivity contribution in [3.63, 3.8) is 0 Å². The number of carboxylic acids is 1. The van der Waals surface area contributed by atoms with E-state index in [2.05, 4.69) is 0 Å². The second-order valence-electron chi connectivity index (χ2n) is 3.93. The standard InChI is InChI=1S/C11H15NO3/c1-8(2)7-12-9(6-11(14)15)4-3-5-10(12)13/h3-5,8H,6-7H2,1-2H3,(H,14,15). The molecule has 0 atom stereocenters. The lowest BCUT2D eigenvalue weighted by Crippen LogP contribution is -2.25. The monoisotopic (exact) mass is 209 g/mol. The molecule has 82 valence electrons. The van der Waals surface area contributed by atoms with Crippen molar-refractivity contribution in [1.29, 1.82) is 0 Å². The molecular formula is C11H15NO3. The molecule has 0 aliphatic rings. The number of carboxylic acid groups (broad SMARTS) is 1. The van der Waals surface area contributed by atoms with Gasteiger partial charge in [-0.05, 0) is 12.0 Å². The molecule has 0 aliphatic heterocycles. The average molecular weight is 209 g/mol. The maximum absolute atomic E-state index is 11.5. The molecule has 0 saturated heterocycles. The van der Waals surface area contributed by atoms with Gasteiger partial charge in [0.05, 0.1) is 6.42 Å². The van der Waals surface area contributed by atoms with Gasteiger partial charge in [0.2, 0.25) is 0 Å². The van der Waals surface area contributed by atoms with E-state index in [0.29, 0.717) is 18.2 Å². The van der Waals surface area contributed by atoms with Crippen LogP contribution < -0.4 is 5.56 Å². The first-order chi connectivity index (χ1) is 7.00. The molecule has 0 saturated carbocycles. The topological polar surface area (TPSA) is 59.3 Å². The molecule has 0 spiro atoms. The van der Waals surface area contributed by atoms with Crippen LogP contribution in [0.2, 0.25) is 0 Å². The van der Waals surface area contributed by atoms with Gasteiger partial charge in [-0.2, -0.15) is 0 Å². The van der Waals surface area contributed by atoms with Crippen LogP contribution in [-0.2, 0) is 17.8 Å². The van der Waals surface area contributed by atoms with Gasteiger partial charge in [0.1, 0.15) is 0 Å². The van der Waals surface area contributed by atoms with E-state index in [0.717, 1.165) is 0 Å². The molecule has 0 bridgehead atoms. The first kappa shape index (κ1) is 11.5. The minimum Gasteiger partial charge on any atom is -0.481 e. The number of aliphatic carboxylic acids is 1. The zero-order valence-electron chi connectivity index (χ0n) is 8.93. The van der Waals surface area contributed by atoms with Crippen molar-refractivity contribution in [3.05, 3.63) is 34.2 Å². The highest BCUT2D eigenvalue weighted by molar-refractivity contribution is 5.69. The third-order valence-corrected chi connectivity index (χ3v) is 2.02. The molecule has 1 aromatic heterocycles. The SMILES string of the molecule is CC(C)Cn1c(CC(=O)O)cccc1=O. The zero-order chi connectivity index (χ0) is 11.4. The van der Waals surface area contributed by atoms with Gasteiger partial charge in [-0.15, -0.1) is 0 Å². The molecule has 0 aromatic carbocycles. The van der Waals surface area contributed by atoms with Crippen LogP contribution in [0.3, 0.4) is 0 Å². The van der Waals surface area contributed by atoms with Gasteiger partial charge in [0, 0.05) is 18.3 Å². The van der Waals surface area contributed by atoms with Crippen molar-refractivity contribution in [1.82, 2.24) is 4.57 Å². The Morgan fingerprint density at radius 3 is 2.67 bits per heavy atom. The van der Waals surface area contributed by atoms with Crippen molar-refractivity contribution in [3.8, 4) is 0 Å². The molecule has 0 fully saturated rings. The van der Waals surface area contributed by atoms with Gasteiger partial charge >= 0.3 is 5.97 Å².